The van der Waals surface area contributed by atoms with E-state index in [-0.39, 0.29) is 47.9 Å². The maximum Gasteiger partial charge on any atom is 0.407 e. The number of ether oxygens (including phenoxy) is 4. The van der Waals surface area contributed by atoms with E-state index < -0.39 is 36.3 Å². The Balaban J connectivity index is 0.897. The van der Waals surface area contributed by atoms with E-state index >= 15 is 4.39 Å². The summed E-state index contributed by atoms with van der Waals surface area (Å²) in [6.07, 6.45) is 10.9. The first-order chi connectivity index (χ1) is 35.8. The van der Waals surface area contributed by atoms with Crippen LogP contribution in [0.25, 0.3) is 44.7 Å². The molecule has 11 rings (SSSR count). The largest absolute Gasteiger partial charge is 0.464 e. The molecule has 3 saturated heterocycles. The molecule has 2 aromatic carbocycles. The van der Waals surface area contributed by atoms with Crippen molar-refractivity contribution in [2.75, 3.05) is 27.3 Å². The van der Waals surface area contributed by atoms with Crippen LogP contribution in [0.2, 0.25) is 0 Å². The summed E-state index contributed by atoms with van der Waals surface area (Å²) in [5.74, 6) is 0.875. The zero-order valence-corrected chi connectivity index (χ0v) is 43.3. The van der Waals surface area contributed by atoms with Crippen molar-refractivity contribution in [2.45, 2.75) is 134 Å². The van der Waals surface area contributed by atoms with Crippen LogP contribution in [0.4, 0.5) is 14.0 Å². The second kappa shape index (κ2) is 20.1. The van der Waals surface area contributed by atoms with Crippen LogP contribution < -0.4 is 15.4 Å². The van der Waals surface area contributed by atoms with E-state index in [1.807, 2.05) is 63.1 Å². The van der Waals surface area contributed by atoms with E-state index in [1.165, 1.54) is 26.7 Å². The predicted octanol–water partition coefficient (Wildman–Crippen LogP) is 9.53. The van der Waals surface area contributed by atoms with E-state index in [4.69, 9.17) is 33.9 Å². The lowest BCUT2D eigenvalue weighted by Gasteiger charge is -2.38. The van der Waals surface area contributed by atoms with Gasteiger partial charge in [0.05, 0.1) is 89.0 Å². The molecular weight excluding hydrogens is 968 g/mol. The molecule has 8 atom stereocenters. The fraction of sp³-hybridized carbons (Fsp3) is 0.500. The van der Waals surface area contributed by atoms with Gasteiger partial charge in [-0.05, 0) is 107 Å². The molecule has 3 unspecified atom stereocenters. The van der Waals surface area contributed by atoms with Crippen molar-refractivity contribution in [1.29, 1.82) is 0 Å². The Bertz CT molecular complexity index is 3100. The molecule has 0 bridgehead atoms. The van der Waals surface area contributed by atoms with Gasteiger partial charge in [0.25, 0.3) is 0 Å². The number of aromatic amines is 2. The second-order valence-electron chi connectivity index (χ2n) is 20.9. The van der Waals surface area contributed by atoms with Crippen molar-refractivity contribution >= 4 is 46.2 Å². The van der Waals surface area contributed by atoms with Gasteiger partial charge >= 0.3 is 12.2 Å². The van der Waals surface area contributed by atoms with E-state index in [0.717, 1.165) is 57.7 Å². The first-order valence-electron chi connectivity index (χ1n) is 25.9. The average Bonchev–Trinajstić information content (AvgIpc) is 4.24. The third kappa shape index (κ3) is 9.17. The SMILES string of the molecule is COC(=O)NC(C(=O)N1CCC[C@H]1c1ncc(-c2ccc3c(c2)cc2n3C(c3cnc(C4CCC4)s3)Oc3cc(-c4cnc([C@@H]5CCCN5C(=O)[C@@H](NC(=O)OC)C(C)C)[nH]4)cc(F)c3-2)[nH]1)C1C[C@@H](C)O[C@@H](C)C1. The normalized spacial score (nSPS) is 23.5. The van der Waals surface area contributed by atoms with Gasteiger partial charge in [-0.25, -0.2) is 28.9 Å². The maximum absolute atomic E-state index is 17.0. The summed E-state index contributed by atoms with van der Waals surface area (Å²) < 4.78 is 41.8. The molecule has 4 aliphatic heterocycles. The number of thiazole rings is 1. The van der Waals surface area contributed by atoms with E-state index in [9.17, 15) is 19.2 Å². The Kier molecular flexibility index (Phi) is 13.5. The zero-order valence-electron chi connectivity index (χ0n) is 42.5. The van der Waals surface area contributed by atoms with Crippen molar-refractivity contribution in [3.8, 4) is 39.5 Å². The summed E-state index contributed by atoms with van der Waals surface area (Å²) in [7, 11) is 2.57. The first-order valence-corrected chi connectivity index (χ1v) is 26.8. The van der Waals surface area contributed by atoms with Crippen LogP contribution in [0.15, 0.2) is 55.0 Å². The number of H-pyrrole nitrogens is 2. The highest BCUT2D eigenvalue weighted by Crippen LogP contribution is 2.49. The number of carbonyl (C=O) groups excluding carboxylic acids is 4. The summed E-state index contributed by atoms with van der Waals surface area (Å²) >= 11 is 1.63. The molecule has 74 heavy (non-hydrogen) atoms. The Hall–Kier alpha value is -6.80. The van der Waals surface area contributed by atoms with Crippen molar-refractivity contribution in [2.24, 2.45) is 11.8 Å². The number of alkyl carbamates (subject to hydrolysis) is 2. The molecule has 4 aromatic heterocycles. The number of fused-ring (bicyclic) bond motifs is 5. The number of amides is 4. The van der Waals surface area contributed by atoms with Crippen LogP contribution in [0.3, 0.4) is 0 Å². The number of likely N-dealkylation sites (tertiary alicyclic amines) is 2. The molecule has 8 heterocycles. The maximum atomic E-state index is 17.0. The minimum absolute atomic E-state index is 0.0524. The summed E-state index contributed by atoms with van der Waals surface area (Å²) in [4.78, 5) is 78.9. The second-order valence-corrected chi connectivity index (χ2v) is 22.0. The molecule has 4 amide bonds. The van der Waals surface area contributed by atoms with Crippen LogP contribution in [0, 0.1) is 17.7 Å². The molecule has 1 saturated carbocycles. The van der Waals surface area contributed by atoms with Crippen LogP contribution in [-0.2, 0) is 23.8 Å². The van der Waals surface area contributed by atoms with E-state index in [0.29, 0.717) is 84.6 Å². The lowest BCUT2D eigenvalue weighted by Crippen LogP contribution is -2.54. The van der Waals surface area contributed by atoms with Crippen molar-refractivity contribution < 1.29 is 42.5 Å². The number of aromatic nitrogens is 6. The predicted molar refractivity (Wildman–Crippen MR) is 274 cm³/mol. The smallest absolute Gasteiger partial charge is 0.407 e. The highest BCUT2D eigenvalue weighted by atomic mass is 32.1. The molecule has 1 aliphatic carbocycles. The molecule has 390 valence electrons. The highest BCUT2D eigenvalue weighted by molar-refractivity contribution is 7.11. The van der Waals surface area contributed by atoms with Crippen molar-refractivity contribution in [3.05, 3.63) is 82.3 Å². The molecule has 5 aliphatic rings. The van der Waals surface area contributed by atoms with Gasteiger partial charge in [0, 0.05) is 41.7 Å². The van der Waals surface area contributed by atoms with Gasteiger partial charge in [-0.15, -0.1) is 11.3 Å². The standard InChI is InChI=1S/C54H63FN10O8S/c1-27(2)45(61-53(68)70-5)50(66)63-16-8-12-39(63)48-57-25-37(60-48)32-21-35(55)44-41-22-33-20-31(14-15-38(33)65(41)52(73-42(44)23-32)43-26-58-49(74-43)30-10-7-11-30)36-24-56-47(59-36)40-13-9-17-64(40)51(67)46(62-54(69)71-6)34-18-28(3)72-29(4)19-34/h14-15,20-30,34,39-40,45-46,52H,7-13,16-19H2,1-6H3,(H,56,59)(H,57,60)(H,61,68)(H,62,69)/t28-,29+,34?,39-,40-,45-,46?,52?/m0/s1. The monoisotopic (exact) mass is 1030 g/mol. The molecule has 0 spiro atoms. The molecule has 0 radical (unpaired) electrons. The van der Waals surface area contributed by atoms with E-state index in [1.54, 1.807) is 28.6 Å². The van der Waals surface area contributed by atoms with Crippen LogP contribution in [0.1, 0.15) is 131 Å². The van der Waals surface area contributed by atoms with Gasteiger partial charge in [0.2, 0.25) is 18.0 Å². The number of nitrogens with zero attached hydrogens (tertiary/aromatic N) is 6. The molecular formula is C54H63FN10O8S. The third-order valence-corrected chi connectivity index (χ3v) is 16.9. The molecule has 4 fully saturated rings. The van der Waals surface area contributed by atoms with Gasteiger partial charge in [0.15, 0.2) is 0 Å². The molecule has 20 heteroatoms. The lowest BCUT2D eigenvalue weighted by molar-refractivity contribution is -0.138. The van der Waals surface area contributed by atoms with Crippen LogP contribution >= 0.6 is 11.3 Å². The topological polar surface area (TPSA) is 211 Å². The minimum atomic E-state index is -0.776. The number of halogens is 1. The van der Waals surface area contributed by atoms with Crippen molar-refractivity contribution in [3.63, 3.8) is 0 Å². The Morgan fingerprint density at radius 2 is 1.43 bits per heavy atom. The van der Waals surface area contributed by atoms with Gasteiger partial charge < -0.3 is 49.3 Å². The Morgan fingerprint density at radius 1 is 0.784 bits per heavy atom. The summed E-state index contributed by atoms with van der Waals surface area (Å²) in [6, 6.07) is 9.21. The summed E-state index contributed by atoms with van der Waals surface area (Å²) in [5.41, 5.74) is 4.57. The summed E-state index contributed by atoms with van der Waals surface area (Å²) in [5, 5.41) is 7.50. The molecule has 6 aromatic rings. The number of imidazole rings is 2. The lowest BCUT2D eigenvalue weighted by atomic mass is 9.85. The Labute approximate surface area is 432 Å². The third-order valence-electron chi connectivity index (χ3n) is 15.7. The molecule has 4 N–H and O–H groups in total. The van der Waals surface area contributed by atoms with Gasteiger partial charge in [-0.2, -0.15) is 0 Å². The number of carbonyl (C=O) groups is 4. The molecule has 18 nitrogen and oxygen atoms in total. The average molecular weight is 1030 g/mol. The van der Waals surface area contributed by atoms with Crippen molar-refractivity contribution in [1.82, 2.24) is 49.9 Å². The van der Waals surface area contributed by atoms with Gasteiger partial charge in [-0.1, -0.05) is 26.3 Å². The minimum Gasteiger partial charge on any atom is -0.464 e. The van der Waals surface area contributed by atoms with E-state index in [2.05, 4.69) is 31.2 Å². The number of methoxy groups -OCH3 is 2. The fourth-order valence-electron chi connectivity index (χ4n) is 11.8. The number of hydrogen-bond acceptors (Lipinski definition) is 12. The number of nitrogens with one attached hydrogen (secondary N) is 4. The Morgan fingerprint density at radius 3 is 2.07 bits per heavy atom. The number of benzene rings is 2. The van der Waals surface area contributed by atoms with Gasteiger partial charge in [-0.3, -0.25) is 14.2 Å². The summed E-state index contributed by atoms with van der Waals surface area (Å²) in [6.45, 7) is 8.77. The fourth-order valence-corrected chi connectivity index (χ4v) is 12.9. The first kappa shape index (κ1) is 49.4. The van der Waals surface area contributed by atoms with Gasteiger partial charge in [0.1, 0.15) is 35.3 Å². The number of rotatable bonds is 12. The van der Waals surface area contributed by atoms with Crippen LogP contribution in [-0.4, -0.2) is 115 Å². The van der Waals surface area contributed by atoms with Crippen LogP contribution in [0.5, 0.6) is 5.75 Å². The quantitative estimate of drug-likeness (QED) is 0.0907. The highest BCUT2D eigenvalue weighted by Gasteiger charge is 2.43. The zero-order chi connectivity index (χ0) is 51.5. The number of hydrogen-bond donors (Lipinski definition) is 4.